The van der Waals surface area contributed by atoms with Gasteiger partial charge in [0.05, 0.1) is 6.10 Å². The van der Waals surface area contributed by atoms with Crippen molar-refractivity contribution in [2.45, 2.75) is 44.4 Å². The zero-order chi connectivity index (χ0) is 13.0. The summed E-state index contributed by atoms with van der Waals surface area (Å²) in [6, 6.07) is 2.86. The van der Waals surface area contributed by atoms with E-state index >= 15 is 0 Å². The molecule has 0 spiro atoms. The van der Waals surface area contributed by atoms with E-state index in [-0.39, 0.29) is 12.1 Å². The fourth-order valence-electron chi connectivity index (χ4n) is 3.62. The van der Waals surface area contributed by atoms with Gasteiger partial charge in [-0.3, -0.25) is 4.68 Å². The van der Waals surface area contributed by atoms with Crippen molar-refractivity contribution in [2.75, 3.05) is 7.05 Å². The molecule has 0 bridgehead atoms. The highest BCUT2D eigenvalue weighted by Gasteiger charge is 2.62. The van der Waals surface area contributed by atoms with Crippen molar-refractivity contribution in [2.24, 2.45) is 11.8 Å². The maximum Gasteiger partial charge on any atom is 0.123 e. The number of likely N-dealkylation sites (N-methyl/N-ethyl adjacent to an activating group) is 1. The van der Waals surface area contributed by atoms with Gasteiger partial charge in [-0.05, 0) is 67.8 Å². The molecule has 0 saturated heterocycles. The number of hydrogen-bond acceptors (Lipinski definition) is 3. The summed E-state index contributed by atoms with van der Waals surface area (Å²) in [5.74, 6) is 1.60. The van der Waals surface area contributed by atoms with E-state index in [0.717, 1.165) is 10.1 Å². The Bertz CT molecular complexity index is 459. The molecule has 4 nitrogen and oxygen atoms in total. The summed E-state index contributed by atoms with van der Waals surface area (Å²) in [6.07, 6.45) is 0.894. The minimum absolute atomic E-state index is 0.196. The van der Waals surface area contributed by atoms with Crippen LogP contribution in [-0.4, -0.2) is 34.1 Å². The van der Waals surface area contributed by atoms with Crippen molar-refractivity contribution in [1.29, 1.82) is 0 Å². The van der Waals surface area contributed by atoms with Crippen LogP contribution in [0.1, 0.15) is 37.9 Å². The van der Waals surface area contributed by atoms with Gasteiger partial charge < -0.3 is 10.4 Å². The Kier molecular flexibility index (Phi) is 3.18. The first-order valence-electron chi connectivity index (χ1n) is 6.65. The lowest BCUT2D eigenvalue weighted by Gasteiger charge is -2.20. The molecule has 5 unspecified atom stereocenters. The molecule has 0 aliphatic heterocycles. The number of nitrogens with one attached hydrogen (secondary N) is 1. The summed E-state index contributed by atoms with van der Waals surface area (Å²) < 4.78 is 3.19. The molecule has 2 N–H and O–H groups in total. The van der Waals surface area contributed by atoms with E-state index < -0.39 is 0 Å². The van der Waals surface area contributed by atoms with Crippen molar-refractivity contribution in [3.8, 4) is 0 Å². The first-order chi connectivity index (χ1) is 8.54. The number of aliphatic hydroxyl groups excluding tert-OH is 1. The molecule has 0 radical (unpaired) electrons. The van der Waals surface area contributed by atoms with E-state index in [9.17, 15) is 5.11 Å². The Morgan fingerprint density at radius 2 is 2.28 bits per heavy atom. The molecule has 1 heterocycles. The average Bonchev–Trinajstić information content (AvgIpc) is 2.73. The molecule has 3 rings (SSSR count). The highest BCUT2D eigenvalue weighted by Crippen LogP contribution is 2.63. The molecule has 0 aromatic carbocycles. The zero-order valence-corrected chi connectivity index (χ0v) is 13.1. The second-order valence-corrected chi connectivity index (χ2v) is 6.92. The third-order valence-corrected chi connectivity index (χ3v) is 5.03. The molecule has 18 heavy (non-hydrogen) atoms. The van der Waals surface area contributed by atoms with E-state index in [1.165, 1.54) is 5.69 Å². The molecule has 1 aromatic heterocycles. The van der Waals surface area contributed by atoms with Gasteiger partial charge in [0.1, 0.15) is 3.70 Å². The van der Waals surface area contributed by atoms with E-state index in [1.54, 1.807) is 0 Å². The smallest absolute Gasteiger partial charge is 0.123 e. The van der Waals surface area contributed by atoms with Gasteiger partial charge in [0.15, 0.2) is 0 Å². The highest BCUT2D eigenvalue weighted by molar-refractivity contribution is 14.1. The molecular weight excluding hydrogens is 341 g/mol. The second-order valence-electron chi connectivity index (χ2n) is 5.82. The zero-order valence-electron chi connectivity index (χ0n) is 11.0. The quantitative estimate of drug-likeness (QED) is 0.807. The van der Waals surface area contributed by atoms with Gasteiger partial charge in [-0.15, -0.1) is 0 Å². The lowest BCUT2D eigenvalue weighted by Crippen LogP contribution is -2.36. The van der Waals surface area contributed by atoms with Crippen LogP contribution in [0.15, 0.2) is 6.07 Å². The number of aliphatic hydroxyl groups is 1. The van der Waals surface area contributed by atoms with Gasteiger partial charge in [0, 0.05) is 23.7 Å². The molecule has 100 valence electrons. The molecule has 2 fully saturated rings. The third kappa shape index (κ3) is 1.82. The molecular formula is C13H20IN3O. The van der Waals surface area contributed by atoms with Crippen LogP contribution < -0.4 is 5.32 Å². The topological polar surface area (TPSA) is 50.1 Å². The van der Waals surface area contributed by atoms with Gasteiger partial charge in [0.25, 0.3) is 0 Å². The van der Waals surface area contributed by atoms with E-state index in [2.05, 4.69) is 57.6 Å². The lowest BCUT2D eigenvalue weighted by molar-refractivity contribution is 0.125. The average molecular weight is 361 g/mol. The van der Waals surface area contributed by atoms with Gasteiger partial charge in [-0.25, -0.2) is 0 Å². The first-order valence-corrected chi connectivity index (χ1v) is 7.72. The lowest BCUT2D eigenvalue weighted by atomic mass is 10.0. The maximum atomic E-state index is 10.3. The fourth-order valence-corrected chi connectivity index (χ4v) is 4.17. The van der Waals surface area contributed by atoms with Crippen LogP contribution in [0.5, 0.6) is 0 Å². The molecule has 1 aromatic rings. The number of hydrogen-bond donors (Lipinski definition) is 2. The maximum absolute atomic E-state index is 10.3. The monoisotopic (exact) mass is 361 g/mol. The standard InChI is InChI=1S/C13H20IN3O/c1-6(2)17-9(5-10(14)16-17)11-7-4-8(15-3)13(18)12(7)11/h5-8,11-13,15,18H,4H2,1-3H3. The van der Waals surface area contributed by atoms with Crippen LogP contribution >= 0.6 is 22.6 Å². The molecule has 2 aliphatic rings. The van der Waals surface area contributed by atoms with Crippen LogP contribution in [0.3, 0.4) is 0 Å². The Morgan fingerprint density at radius 3 is 2.78 bits per heavy atom. The van der Waals surface area contributed by atoms with E-state index in [1.807, 2.05) is 7.05 Å². The van der Waals surface area contributed by atoms with Crippen LogP contribution in [0, 0.1) is 15.5 Å². The number of fused-ring (bicyclic) bond motifs is 1. The summed E-state index contributed by atoms with van der Waals surface area (Å²) in [4.78, 5) is 0. The normalized spacial score (nSPS) is 38.2. The second kappa shape index (κ2) is 4.45. The van der Waals surface area contributed by atoms with Crippen LogP contribution in [-0.2, 0) is 0 Å². The van der Waals surface area contributed by atoms with Crippen molar-refractivity contribution in [1.82, 2.24) is 15.1 Å². The number of nitrogens with zero attached hydrogens (tertiary/aromatic N) is 2. The van der Waals surface area contributed by atoms with Crippen molar-refractivity contribution in [3.63, 3.8) is 0 Å². The SMILES string of the molecule is CNC1CC2C(c3cc(I)nn3C(C)C)C2C1O. The van der Waals surface area contributed by atoms with E-state index in [0.29, 0.717) is 23.8 Å². The number of halogens is 1. The summed E-state index contributed by atoms with van der Waals surface area (Å²) in [6.45, 7) is 4.33. The number of aromatic nitrogens is 2. The van der Waals surface area contributed by atoms with Gasteiger partial charge in [-0.1, -0.05) is 0 Å². The van der Waals surface area contributed by atoms with Gasteiger partial charge >= 0.3 is 0 Å². The van der Waals surface area contributed by atoms with Gasteiger partial charge in [-0.2, -0.15) is 5.10 Å². The van der Waals surface area contributed by atoms with Crippen molar-refractivity contribution < 1.29 is 5.11 Å². The molecule has 5 heteroatoms. The fraction of sp³-hybridized carbons (Fsp3) is 0.769. The largest absolute Gasteiger partial charge is 0.391 e. The Morgan fingerprint density at radius 1 is 1.56 bits per heavy atom. The summed E-state index contributed by atoms with van der Waals surface area (Å²) >= 11 is 2.27. The van der Waals surface area contributed by atoms with E-state index in [4.69, 9.17) is 0 Å². The Hall–Kier alpha value is -0.140. The summed E-state index contributed by atoms with van der Waals surface area (Å²) in [7, 11) is 1.94. The van der Waals surface area contributed by atoms with Crippen LogP contribution in [0.25, 0.3) is 0 Å². The molecule has 0 amide bonds. The molecule has 2 saturated carbocycles. The number of rotatable bonds is 3. The third-order valence-electron chi connectivity index (χ3n) is 4.50. The van der Waals surface area contributed by atoms with Gasteiger partial charge in [0.2, 0.25) is 0 Å². The highest BCUT2D eigenvalue weighted by atomic mass is 127. The minimum atomic E-state index is -0.196. The van der Waals surface area contributed by atoms with Crippen LogP contribution in [0.2, 0.25) is 0 Å². The Balaban J connectivity index is 1.84. The van der Waals surface area contributed by atoms with Crippen LogP contribution in [0.4, 0.5) is 0 Å². The Labute approximate surface area is 121 Å². The summed E-state index contributed by atoms with van der Waals surface area (Å²) in [5.41, 5.74) is 1.32. The molecule has 5 atom stereocenters. The van der Waals surface area contributed by atoms with Crippen molar-refractivity contribution >= 4 is 22.6 Å². The summed E-state index contributed by atoms with van der Waals surface area (Å²) in [5, 5.41) is 18.1. The molecule has 2 aliphatic carbocycles. The first kappa shape index (κ1) is 12.9. The minimum Gasteiger partial charge on any atom is -0.391 e. The van der Waals surface area contributed by atoms with Crippen molar-refractivity contribution in [3.05, 3.63) is 15.5 Å². The predicted molar refractivity (Wildman–Crippen MR) is 78.5 cm³/mol. The predicted octanol–water partition coefficient (Wildman–Crippen LogP) is 1.75.